The topological polar surface area (TPSA) is 93.0 Å². The van der Waals surface area contributed by atoms with Gasteiger partial charge in [-0.2, -0.15) is 0 Å². The van der Waals surface area contributed by atoms with Crippen LogP contribution in [0.5, 0.6) is 0 Å². The molecule has 1 heterocycles. The Morgan fingerprint density at radius 3 is 2.63 bits per heavy atom. The first kappa shape index (κ1) is 19.5. The maximum absolute atomic E-state index is 13.4. The fraction of sp³-hybridized carbons (Fsp3) is 0.0476. The summed E-state index contributed by atoms with van der Waals surface area (Å²) in [5.41, 5.74) is 2.67. The van der Waals surface area contributed by atoms with E-state index in [1.54, 1.807) is 24.3 Å². The number of aromatic nitrogens is 2. The van der Waals surface area contributed by atoms with Crippen LogP contribution in [0, 0.1) is 15.9 Å². The third-order valence-electron chi connectivity index (χ3n) is 4.49. The average Bonchev–Trinajstić information content (AvgIpc) is 2.75. The Balaban J connectivity index is 1.61. The number of nitrogens with zero attached hydrogens (tertiary/aromatic N) is 3. The van der Waals surface area contributed by atoms with E-state index in [1.807, 2.05) is 18.2 Å². The van der Waals surface area contributed by atoms with Crippen LogP contribution in [0.2, 0.25) is 5.02 Å². The zero-order valence-corrected chi connectivity index (χ0v) is 16.2. The van der Waals surface area contributed by atoms with E-state index in [9.17, 15) is 14.5 Å². The minimum Gasteiger partial charge on any atom is -0.381 e. The lowest BCUT2D eigenvalue weighted by Gasteiger charge is -2.11. The molecule has 4 rings (SSSR count). The quantitative estimate of drug-likeness (QED) is 0.306. The van der Waals surface area contributed by atoms with Crippen LogP contribution in [0.15, 0.2) is 67.0 Å². The Morgan fingerprint density at radius 1 is 1.03 bits per heavy atom. The highest BCUT2D eigenvalue weighted by Gasteiger charge is 2.12. The number of rotatable bonds is 6. The zero-order valence-electron chi connectivity index (χ0n) is 15.5. The Kier molecular flexibility index (Phi) is 5.40. The summed E-state index contributed by atoms with van der Waals surface area (Å²) in [6.45, 7) is 0.284. The van der Waals surface area contributed by atoms with Crippen molar-refractivity contribution in [3.05, 3.63) is 93.5 Å². The molecule has 0 fully saturated rings. The van der Waals surface area contributed by atoms with E-state index < -0.39 is 10.7 Å². The third-order valence-corrected chi connectivity index (χ3v) is 4.78. The van der Waals surface area contributed by atoms with Crippen LogP contribution in [-0.4, -0.2) is 14.9 Å². The number of nitro groups is 1. The number of fused-ring (bicyclic) bond motifs is 1. The van der Waals surface area contributed by atoms with E-state index in [2.05, 4.69) is 20.6 Å². The molecule has 2 N–H and O–H groups in total. The highest BCUT2D eigenvalue weighted by Crippen LogP contribution is 2.28. The van der Waals surface area contributed by atoms with Crippen molar-refractivity contribution in [3.63, 3.8) is 0 Å². The van der Waals surface area contributed by atoms with Crippen LogP contribution in [0.4, 0.5) is 27.3 Å². The third kappa shape index (κ3) is 4.13. The molecule has 0 aliphatic rings. The second kappa shape index (κ2) is 8.30. The highest BCUT2D eigenvalue weighted by atomic mass is 35.5. The van der Waals surface area contributed by atoms with Gasteiger partial charge in [-0.15, -0.1) is 0 Å². The van der Waals surface area contributed by atoms with E-state index in [-0.39, 0.29) is 17.3 Å². The first-order valence-corrected chi connectivity index (χ1v) is 9.32. The van der Waals surface area contributed by atoms with Crippen molar-refractivity contribution >= 4 is 45.4 Å². The second-order valence-electron chi connectivity index (χ2n) is 6.45. The summed E-state index contributed by atoms with van der Waals surface area (Å²) >= 11 is 5.85. The van der Waals surface area contributed by atoms with Crippen molar-refractivity contribution in [1.29, 1.82) is 0 Å². The van der Waals surface area contributed by atoms with Crippen molar-refractivity contribution in [1.82, 2.24) is 9.97 Å². The monoisotopic (exact) mass is 423 g/mol. The maximum Gasteiger partial charge on any atom is 0.274 e. The van der Waals surface area contributed by atoms with Crippen LogP contribution < -0.4 is 10.6 Å². The van der Waals surface area contributed by atoms with Crippen molar-refractivity contribution in [2.24, 2.45) is 0 Å². The maximum atomic E-state index is 13.4. The number of benzene rings is 3. The van der Waals surface area contributed by atoms with E-state index in [4.69, 9.17) is 11.6 Å². The van der Waals surface area contributed by atoms with Crippen molar-refractivity contribution in [3.8, 4) is 0 Å². The van der Waals surface area contributed by atoms with Gasteiger partial charge in [-0.05, 0) is 36.4 Å². The molecular formula is C21H15ClFN5O2. The smallest absolute Gasteiger partial charge is 0.274 e. The first-order valence-electron chi connectivity index (χ1n) is 8.94. The summed E-state index contributed by atoms with van der Waals surface area (Å²) in [6, 6.07) is 16.4. The van der Waals surface area contributed by atoms with Crippen LogP contribution >= 0.6 is 11.6 Å². The van der Waals surface area contributed by atoms with Gasteiger partial charge in [0.2, 0.25) is 0 Å². The number of para-hydroxylation sites is 1. The molecule has 150 valence electrons. The molecule has 0 amide bonds. The van der Waals surface area contributed by atoms with Crippen molar-refractivity contribution in [2.75, 3.05) is 10.6 Å². The Morgan fingerprint density at radius 2 is 1.83 bits per heavy atom. The predicted molar refractivity (Wildman–Crippen MR) is 115 cm³/mol. The molecule has 3 aromatic carbocycles. The van der Waals surface area contributed by atoms with Gasteiger partial charge in [0.05, 0.1) is 15.5 Å². The molecule has 1 aromatic heterocycles. The average molecular weight is 424 g/mol. The number of nitrogens with one attached hydrogen (secondary N) is 2. The second-order valence-corrected chi connectivity index (χ2v) is 6.85. The van der Waals surface area contributed by atoms with Crippen LogP contribution in [0.25, 0.3) is 10.9 Å². The van der Waals surface area contributed by atoms with Crippen LogP contribution in [0.3, 0.4) is 0 Å². The van der Waals surface area contributed by atoms with Gasteiger partial charge in [0, 0.05) is 34.9 Å². The number of anilines is 3. The SMILES string of the molecule is O=[N+]([O-])c1ccccc1CNc1ccc2ncnc(Nc3ccc(F)c(Cl)c3)c2c1. The molecule has 0 aliphatic heterocycles. The molecule has 0 unspecified atom stereocenters. The van der Waals surface area contributed by atoms with E-state index in [0.29, 0.717) is 22.6 Å². The van der Waals surface area contributed by atoms with Crippen molar-refractivity contribution < 1.29 is 9.31 Å². The molecule has 0 bridgehead atoms. The number of halogens is 2. The molecule has 0 radical (unpaired) electrons. The fourth-order valence-corrected chi connectivity index (χ4v) is 3.19. The molecular weight excluding hydrogens is 409 g/mol. The van der Waals surface area contributed by atoms with Gasteiger partial charge in [-0.25, -0.2) is 14.4 Å². The van der Waals surface area contributed by atoms with E-state index >= 15 is 0 Å². The summed E-state index contributed by atoms with van der Waals surface area (Å²) in [6.07, 6.45) is 1.43. The van der Waals surface area contributed by atoms with Gasteiger partial charge in [-0.3, -0.25) is 10.1 Å². The summed E-state index contributed by atoms with van der Waals surface area (Å²) in [5.74, 6) is 0.0215. The van der Waals surface area contributed by atoms with Gasteiger partial charge in [0.25, 0.3) is 5.69 Å². The number of hydrogen-bond acceptors (Lipinski definition) is 6. The normalized spacial score (nSPS) is 10.7. The Labute approximate surface area is 175 Å². The summed E-state index contributed by atoms with van der Waals surface area (Å²) in [5, 5.41) is 18.2. The summed E-state index contributed by atoms with van der Waals surface area (Å²) in [7, 11) is 0. The van der Waals surface area contributed by atoms with Gasteiger partial charge < -0.3 is 10.6 Å². The lowest BCUT2D eigenvalue weighted by molar-refractivity contribution is -0.385. The lowest BCUT2D eigenvalue weighted by atomic mass is 10.1. The Bertz CT molecular complexity index is 1250. The Hall–Kier alpha value is -3.78. The molecule has 0 spiro atoms. The van der Waals surface area contributed by atoms with Gasteiger partial charge in [0.15, 0.2) is 0 Å². The van der Waals surface area contributed by atoms with Gasteiger partial charge >= 0.3 is 0 Å². The van der Waals surface area contributed by atoms with Crippen LogP contribution in [0.1, 0.15) is 5.56 Å². The largest absolute Gasteiger partial charge is 0.381 e. The standard InChI is InChI=1S/C21H15ClFN5O2/c22-17-10-15(5-7-18(17)23)27-21-16-9-14(6-8-19(16)25-12-26-21)24-11-13-3-1-2-4-20(13)28(29)30/h1-10,12,24H,11H2,(H,25,26,27). The number of nitro benzene ring substituents is 1. The lowest BCUT2D eigenvalue weighted by Crippen LogP contribution is -2.03. The number of hydrogen-bond donors (Lipinski definition) is 2. The fourth-order valence-electron chi connectivity index (χ4n) is 3.01. The van der Waals surface area contributed by atoms with Crippen LogP contribution in [-0.2, 0) is 6.54 Å². The summed E-state index contributed by atoms with van der Waals surface area (Å²) < 4.78 is 13.4. The molecule has 0 saturated heterocycles. The molecule has 30 heavy (non-hydrogen) atoms. The minimum absolute atomic E-state index is 0.00479. The molecule has 9 heteroatoms. The predicted octanol–water partition coefficient (Wildman–Crippen LogP) is 5.69. The van der Waals surface area contributed by atoms with E-state index in [1.165, 1.54) is 24.5 Å². The molecule has 0 aliphatic carbocycles. The molecule has 0 atom stereocenters. The zero-order chi connectivity index (χ0) is 21.1. The molecule has 7 nitrogen and oxygen atoms in total. The minimum atomic E-state index is -0.503. The van der Waals surface area contributed by atoms with E-state index in [0.717, 1.165) is 11.1 Å². The van der Waals surface area contributed by atoms with Gasteiger partial charge in [0.1, 0.15) is 18.0 Å². The highest BCUT2D eigenvalue weighted by molar-refractivity contribution is 6.31. The first-order chi connectivity index (χ1) is 14.5. The van der Waals surface area contributed by atoms with Crippen molar-refractivity contribution in [2.45, 2.75) is 6.54 Å². The molecule has 0 saturated carbocycles. The molecule has 4 aromatic rings. The summed E-state index contributed by atoms with van der Waals surface area (Å²) in [4.78, 5) is 19.3. The van der Waals surface area contributed by atoms with Gasteiger partial charge in [-0.1, -0.05) is 29.8 Å².